The Balaban J connectivity index is 2.46. The first-order valence-corrected chi connectivity index (χ1v) is 8.10. The minimum Gasteiger partial charge on any atom is -0.0998 e. The Morgan fingerprint density at radius 2 is 1.62 bits per heavy atom. The zero-order valence-corrected chi connectivity index (χ0v) is 14.6. The van der Waals surface area contributed by atoms with Gasteiger partial charge in [0, 0.05) is 0 Å². The maximum atomic E-state index is 3.99. The molecule has 1 aliphatic rings. The Bertz CT molecular complexity index is 582. The molecule has 0 N–H and O–H groups in total. The molecule has 0 bridgehead atoms. The standard InChI is InChI=1S/C21H30/c1-15(2)8-9-16(3)17-10-11-18-19(14-17)21(6,7)13-12-20(18,4)5/h9-11,14H,1,8,12-13H2,2-7H3/b16-9+. The van der Waals surface area contributed by atoms with E-state index in [0.29, 0.717) is 5.41 Å². The average Bonchev–Trinajstić information content (AvgIpc) is 2.41. The molecule has 0 fully saturated rings. The van der Waals surface area contributed by atoms with Crippen molar-refractivity contribution in [2.75, 3.05) is 0 Å². The molecule has 0 nitrogen and oxygen atoms in total. The van der Waals surface area contributed by atoms with Gasteiger partial charge in [-0.15, -0.1) is 0 Å². The molecule has 0 heteroatoms. The fourth-order valence-electron chi connectivity index (χ4n) is 3.28. The summed E-state index contributed by atoms with van der Waals surface area (Å²) in [5.74, 6) is 0. The van der Waals surface area contributed by atoms with Crippen LogP contribution in [-0.4, -0.2) is 0 Å². The van der Waals surface area contributed by atoms with Crippen LogP contribution in [0.5, 0.6) is 0 Å². The van der Waals surface area contributed by atoms with Gasteiger partial charge in [-0.3, -0.25) is 0 Å². The van der Waals surface area contributed by atoms with E-state index in [0.717, 1.165) is 6.42 Å². The van der Waals surface area contributed by atoms with E-state index in [-0.39, 0.29) is 5.41 Å². The van der Waals surface area contributed by atoms with Crippen LogP contribution in [0.2, 0.25) is 0 Å². The van der Waals surface area contributed by atoms with Crippen molar-refractivity contribution >= 4 is 5.57 Å². The van der Waals surface area contributed by atoms with E-state index in [2.05, 4.69) is 72.4 Å². The number of hydrogen-bond donors (Lipinski definition) is 0. The molecule has 0 aromatic heterocycles. The molecule has 0 unspecified atom stereocenters. The summed E-state index contributed by atoms with van der Waals surface area (Å²) in [7, 11) is 0. The molecule has 0 saturated heterocycles. The zero-order valence-electron chi connectivity index (χ0n) is 14.6. The fourth-order valence-corrected chi connectivity index (χ4v) is 3.28. The second kappa shape index (κ2) is 5.48. The van der Waals surface area contributed by atoms with Gasteiger partial charge in [0.25, 0.3) is 0 Å². The summed E-state index contributed by atoms with van der Waals surface area (Å²) in [6.07, 6.45) is 5.81. The third kappa shape index (κ3) is 3.31. The van der Waals surface area contributed by atoms with Gasteiger partial charge < -0.3 is 0 Å². The highest BCUT2D eigenvalue weighted by Crippen LogP contribution is 2.46. The molecule has 1 aromatic rings. The van der Waals surface area contributed by atoms with Gasteiger partial charge in [-0.25, -0.2) is 0 Å². The number of benzene rings is 1. The molecule has 21 heavy (non-hydrogen) atoms. The van der Waals surface area contributed by atoms with Crippen molar-refractivity contribution in [1.82, 2.24) is 0 Å². The monoisotopic (exact) mass is 282 g/mol. The Hall–Kier alpha value is -1.30. The molecule has 0 atom stereocenters. The van der Waals surface area contributed by atoms with Crippen molar-refractivity contribution < 1.29 is 0 Å². The van der Waals surface area contributed by atoms with Crippen LogP contribution in [0.3, 0.4) is 0 Å². The van der Waals surface area contributed by atoms with Gasteiger partial charge in [-0.1, -0.05) is 64.1 Å². The van der Waals surface area contributed by atoms with Gasteiger partial charge in [0.1, 0.15) is 0 Å². The van der Waals surface area contributed by atoms with E-state index in [1.807, 2.05) is 0 Å². The molecule has 1 aromatic carbocycles. The number of hydrogen-bond acceptors (Lipinski definition) is 0. The lowest BCUT2D eigenvalue weighted by Gasteiger charge is -2.42. The van der Waals surface area contributed by atoms with Crippen LogP contribution < -0.4 is 0 Å². The molecule has 2 rings (SSSR count). The first-order chi connectivity index (χ1) is 9.63. The first-order valence-electron chi connectivity index (χ1n) is 8.10. The van der Waals surface area contributed by atoms with E-state index in [1.54, 1.807) is 5.56 Å². The van der Waals surface area contributed by atoms with Gasteiger partial charge in [-0.05, 0) is 66.2 Å². The highest BCUT2D eigenvalue weighted by molar-refractivity contribution is 5.66. The quantitative estimate of drug-likeness (QED) is 0.562. The first kappa shape index (κ1) is 16.1. The van der Waals surface area contributed by atoms with Crippen molar-refractivity contribution in [3.8, 4) is 0 Å². The summed E-state index contributed by atoms with van der Waals surface area (Å²) in [6, 6.07) is 7.09. The Morgan fingerprint density at radius 1 is 1.05 bits per heavy atom. The van der Waals surface area contributed by atoms with Crippen LogP contribution in [0.25, 0.3) is 5.57 Å². The summed E-state index contributed by atoms with van der Waals surface area (Å²) >= 11 is 0. The topological polar surface area (TPSA) is 0 Å². The predicted molar refractivity (Wildman–Crippen MR) is 94.8 cm³/mol. The van der Waals surface area contributed by atoms with Crippen LogP contribution in [0.4, 0.5) is 0 Å². The summed E-state index contributed by atoms with van der Waals surface area (Å²) in [6.45, 7) is 17.8. The van der Waals surface area contributed by atoms with Crippen molar-refractivity contribution in [3.63, 3.8) is 0 Å². The maximum absolute atomic E-state index is 3.99. The summed E-state index contributed by atoms with van der Waals surface area (Å²) < 4.78 is 0. The number of fused-ring (bicyclic) bond motifs is 1. The zero-order chi connectivity index (χ0) is 15.8. The smallest absolute Gasteiger partial charge is 0.0100 e. The van der Waals surface area contributed by atoms with Crippen LogP contribution in [0.15, 0.2) is 36.4 Å². The molecule has 0 aliphatic heterocycles. The van der Waals surface area contributed by atoms with Crippen molar-refractivity contribution in [2.24, 2.45) is 0 Å². The van der Waals surface area contributed by atoms with Gasteiger partial charge in [-0.2, -0.15) is 0 Å². The van der Waals surface area contributed by atoms with E-state index < -0.39 is 0 Å². The fraction of sp³-hybridized carbons (Fsp3) is 0.524. The molecule has 0 amide bonds. The van der Waals surface area contributed by atoms with Gasteiger partial charge >= 0.3 is 0 Å². The lowest BCUT2D eigenvalue weighted by Crippen LogP contribution is -2.33. The highest BCUT2D eigenvalue weighted by atomic mass is 14.4. The second-order valence-corrected chi connectivity index (χ2v) is 8.08. The van der Waals surface area contributed by atoms with Crippen LogP contribution in [0.1, 0.15) is 77.5 Å². The lowest BCUT2D eigenvalue weighted by molar-refractivity contribution is 0.332. The van der Waals surface area contributed by atoms with Crippen molar-refractivity contribution in [3.05, 3.63) is 53.1 Å². The van der Waals surface area contributed by atoms with Crippen LogP contribution >= 0.6 is 0 Å². The van der Waals surface area contributed by atoms with Crippen LogP contribution in [0, 0.1) is 0 Å². The third-order valence-electron chi connectivity index (χ3n) is 5.06. The molecule has 0 radical (unpaired) electrons. The summed E-state index contributed by atoms with van der Waals surface area (Å²) in [5, 5.41) is 0. The average molecular weight is 282 g/mol. The molecular weight excluding hydrogens is 252 g/mol. The van der Waals surface area contributed by atoms with E-state index in [1.165, 1.54) is 35.1 Å². The largest absolute Gasteiger partial charge is 0.0998 e. The van der Waals surface area contributed by atoms with Gasteiger partial charge in [0.15, 0.2) is 0 Å². The van der Waals surface area contributed by atoms with Crippen molar-refractivity contribution in [2.45, 2.75) is 71.6 Å². The predicted octanol–water partition coefficient (Wildman–Crippen LogP) is 6.41. The van der Waals surface area contributed by atoms with Gasteiger partial charge in [0.2, 0.25) is 0 Å². The van der Waals surface area contributed by atoms with E-state index in [4.69, 9.17) is 0 Å². The molecule has 0 saturated carbocycles. The number of rotatable bonds is 3. The van der Waals surface area contributed by atoms with Gasteiger partial charge in [0.05, 0.1) is 0 Å². The lowest BCUT2D eigenvalue weighted by atomic mass is 9.63. The normalized spacial score (nSPS) is 20.0. The highest BCUT2D eigenvalue weighted by Gasteiger charge is 2.36. The molecule has 0 heterocycles. The Labute approximate surface area is 131 Å². The summed E-state index contributed by atoms with van der Waals surface area (Å²) in [4.78, 5) is 0. The van der Waals surface area contributed by atoms with Crippen LogP contribution in [-0.2, 0) is 10.8 Å². The Kier molecular flexibility index (Phi) is 4.19. The van der Waals surface area contributed by atoms with E-state index >= 15 is 0 Å². The molecular formula is C21H30. The van der Waals surface area contributed by atoms with Crippen molar-refractivity contribution in [1.29, 1.82) is 0 Å². The summed E-state index contributed by atoms with van der Waals surface area (Å²) in [5.41, 5.74) is 7.61. The number of allylic oxidation sites excluding steroid dienone is 3. The Morgan fingerprint density at radius 3 is 2.19 bits per heavy atom. The third-order valence-corrected chi connectivity index (χ3v) is 5.06. The minimum atomic E-state index is 0.287. The van der Waals surface area contributed by atoms with E-state index in [9.17, 15) is 0 Å². The molecule has 1 aliphatic carbocycles. The maximum Gasteiger partial charge on any atom is -0.0100 e. The SMILES string of the molecule is C=C(C)C/C=C(\C)c1ccc2c(c1)C(C)(C)CCC2(C)C. The second-order valence-electron chi connectivity index (χ2n) is 8.08. The molecule has 114 valence electrons. The molecule has 0 spiro atoms. The minimum absolute atomic E-state index is 0.287.